The van der Waals surface area contributed by atoms with Gasteiger partial charge in [0.05, 0.1) is 0 Å². The number of carbonyl (C=O) groups excluding carboxylic acids is 2. The second-order valence-electron chi connectivity index (χ2n) is 2.16. The largest absolute Gasteiger partial charge is 0.441 e. The van der Waals surface area contributed by atoms with Crippen molar-refractivity contribution in [2.45, 2.75) is 3.98 Å². The molecule has 0 saturated carbocycles. The minimum atomic E-state index is -2.03. The van der Waals surface area contributed by atoms with Gasteiger partial charge in [0.2, 0.25) is 5.78 Å². The van der Waals surface area contributed by atoms with Gasteiger partial charge >= 0.3 is 3.98 Å². The third-order valence-corrected chi connectivity index (χ3v) is 1.37. The molecule has 0 saturated heterocycles. The van der Waals surface area contributed by atoms with E-state index in [4.69, 9.17) is 34.8 Å². The molecule has 0 N–H and O–H groups in total. The average molecular weight is 241 g/mol. The molecule has 0 amide bonds. The molecule has 0 bridgehead atoms. The summed E-state index contributed by atoms with van der Waals surface area (Å²) in [5.41, 5.74) is 0. The van der Waals surface area contributed by atoms with Gasteiger partial charge in [-0.05, 0) is 47.0 Å². The molecule has 0 aromatic carbocycles. The lowest BCUT2D eigenvalue weighted by molar-refractivity contribution is -0.117. The van der Waals surface area contributed by atoms with E-state index >= 15 is 0 Å². The number of halogens is 3. The molecular weight excluding hydrogens is 238 g/mol. The van der Waals surface area contributed by atoms with Crippen LogP contribution in [0.5, 0.6) is 0 Å². The van der Waals surface area contributed by atoms with Gasteiger partial charge in [0, 0.05) is 6.08 Å². The maximum absolute atomic E-state index is 11.0. The van der Waals surface area contributed by atoms with Gasteiger partial charge < -0.3 is 4.74 Å². The Labute approximate surface area is 88.9 Å². The molecule has 0 aromatic heterocycles. The van der Waals surface area contributed by atoms with Crippen LogP contribution in [0.15, 0.2) is 24.0 Å². The van der Waals surface area contributed by atoms with Crippen LogP contribution in [-0.2, 0) is 14.3 Å². The fourth-order valence-corrected chi connectivity index (χ4v) is 0.942. The van der Waals surface area contributed by atoms with Crippen molar-refractivity contribution in [2.75, 3.05) is 0 Å². The summed E-state index contributed by atoms with van der Waals surface area (Å²) in [5.74, 6) is -1.16. The highest BCUT2D eigenvalue weighted by Gasteiger charge is 2.27. The highest BCUT2D eigenvalue weighted by atomic mass is 35.6. The molecule has 6 heteroatoms. The summed E-state index contributed by atoms with van der Waals surface area (Å²) in [6, 6.07) is 0. The first kappa shape index (κ1) is 10.6. The molecule has 0 spiro atoms. The zero-order chi connectivity index (χ0) is 10.1. The van der Waals surface area contributed by atoms with Gasteiger partial charge in [-0.15, -0.1) is 0 Å². The topological polar surface area (TPSA) is 43.4 Å². The zero-order valence-corrected chi connectivity index (χ0v) is 8.36. The van der Waals surface area contributed by atoms with Crippen molar-refractivity contribution in [1.82, 2.24) is 0 Å². The molecule has 1 aliphatic carbocycles. The van der Waals surface area contributed by atoms with Crippen LogP contribution in [0.1, 0.15) is 0 Å². The summed E-state index contributed by atoms with van der Waals surface area (Å²) in [4.78, 5) is 21.8. The van der Waals surface area contributed by atoms with Crippen LogP contribution >= 0.6 is 34.8 Å². The normalized spacial score (nSPS) is 17.3. The van der Waals surface area contributed by atoms with Crippen LogP contribution in [0, 0.1) is 0 Å². The predicted octanol–water partition coefficient (Wildman–Crippen LogP) is 1.92. The number of alkyl halides is 3. The van der Waals surface area contributed by atoms with Crippen molar-refractivity contribution in [1.29, 1.82) is 0 Å². The maximum atomic E-state index is 11.0. The van der Waals surface area contributed by atoms with Crippen LogP contribution in [-0.4, -0.2) is 15.5 Å². The highest BCUT2D eigenvalue weighted by molar-refractivity contribution is 6.66. The minimum Gasteiger partial charge on any atom is -0.441 e. The molecular formula is C7H3Cl3O3. The summed E-state index contributed by atoms with van der Waals surface area (Å²) in [6.45, 7) is 0. The molecule has 0 aromatic rings. The monoisotopic (exact) mass is 240 g/mol. The third kappa shape index (κ3) is 3.38. The van der Waals surface area contributed by atoms with Crippen molar-refractivity contribution in [3.63, 3.8) is 0 Å². The maximum Gasteiger partial charge on any atom is 0.338 e. The first-order chi connectivity index (χ1) is 5.88. The molecule has 0 fully saturated rings. The Kier molecular flexibility index (Phi) is 3.01. The van der Waals surface area contributed by atoms with Gasteiger partial charge in [-0.1, -0.05) is 0 Å². The summed E-state index contributed by atoms with van der Waals surface area (Å²) in [5, 5.41) is 0. The summed E-state index contributed by atoms with van der Waals surface area (Å²) in [7, 11) is 0. The lowest BCUT2D eigenvalue weighted by Crippen LogP contribution is -2.17. The Balaban J connectivity index is 2.80. The number of hydrogen-bond donors (Lipinski definition) is 0. The number of rotatable bonds is 1. The fourth-order valence-electron chi connectivity index (χ4n) is 0.693. The van der Waals surface area contributed by atoms with Crippen molar-refractivity contribution in [2.24, 2.45) is 0 Å². The van der Waals surface area contributed by atoms with E-state index < -0.39 is 9.76 Å². The summed E-state index contributed by atoms with van der Waals surface area (Å²) >= 11 is 15.8. The van der Waals surface area contributed by atoms with Crippen LogP contribution in [0.4, 0.5) is 0 Å². The molecule has 0 heterocycles. The average Bonchev–Trinajstić information content (AvgIpc) is 1.94. The second-order valence-corrected chi connectivity index (χ2v) is 4.33. The predicted molar refractivity (Wildman–Crippen MR) is 48.6 cm³/mol. The van der Waals surface area contributed by atoms with E-state index in [1.165, 1.54) is 0 Å². The molecule has 0 aliphatic heterocycles. The Morgan fingerprint density at radius 1 is 1.15 bits per heavy atom. The molecule has 0 unspecified atom stereocenters. The molecule has 1 rings (SSSR count). The second kappa shape index (κ2) is 3.70. The standard InChI is InChI=1S/C7H3Cl3O3/c8-7(9,10)13-6-3-4(11)1-2-5(6)12/h1-3H. The van der Waals surface area contributed by atoms with Gasteiger partial charge in [0.15, 0.2) is 11.5 Å². The summed E-state index contributed by atoms with van der Waals surface area (Å²) in [6.07, 6.45) is 3.12. The molecule has 0 radical (unpaired) electrons. The number of hydrogen-bond acceptors (Lipinski definition) is 3. The Morgan fingerprint density at radius 3 is 2.31 bits per heavy atom. The smallest absolute Gasteiger partial charge is 0.338 e. The van der Waals surface area contributed by atoms with E-state index in [1.54, 1.807) is 0 Å². The van der Waals surface area contributed by atoms with E-state index in [2.05, 4.69) is 4.74 Å². The van der Waals surface area contributed by atoms with Crippen molar-refractivity contribution in [3.05, 3.63) is 24.0 Å². The quantitative estimate of drug-likeness (QED) is 0.520. The Hall–Kier alpha value is -0.510. The van der Waals surface area contributed by atoms with Crippen molar-refractivity contribution >= 4 is 46.4 Å². The zero-order valence-electron chi connectivity index (χ0n) is 6.09. The van der Waals surface area contributed by atoms with Gasteiger partial charge in [-0.25, -0.2) is 0 Å². The number of ether oxygens (including phenoxy) is 1. The lowest BCUT2D eigenvalue weighted by Gasteiger charge is -2.15. The number of ketones is 2. The van der Waals surface area contributed by atoms with Crippen LogP contribution in [0.3, 0.4) is 0 Å². The molecule has 1 aliphatic rings. The van der Waals surface area contributed by atoms with Gasteiger partial charge in [-0.2, -0.15) is 0 Å². The van der Waals surface area contributed by atoms with Gasteiger partial charge in [0.25, 0.3) is 0 Å². The molecule has 0 atom stereocenters. The van der Waals surface area contributed by atoms with Gasteiger partial charge in [-0.3, -0.25) is 9.59 Å². The van der Waals surface area contributed by atoms with E-state index in [0.29, 0.717) is 0 Å². The molecule has 13 heavy (non-hydrogen) atoms. The first-order valence-corrected chi connectivity index (χ1v) is 4.26. The van der Waals surface area contributed by atoms with Crippen LogP contribution in [0.25, 0.3) is 0 Å². The Morgan fingerprint density at radius 2 is 1.77 bits per heavy atom. The van der Waals surface area contributed by atoms with E-state index in [1.807, 2.05) is 0 Å². The lowest BCUT2D eigenvalue weighted by atomic mass is 10.1. The van der Waals surface area contributed by atoms with Crippen molar-refractivity contribution in [3.8, 4) is 0 Å². The van der Waals surface area contributed by atoms with Gasteiger partial charge in [0.1, 0.15) is 0 Å². The molecule has 3 nitrogen and oxygen atoms in total. The summed E-state index contributed by atoms with van der Waals surface area (Å²) < 4.78 is 2.56. The van der Waals surface area contributed by atoms with Crippen molar-refractivity contribution < 1.29 is 14.3 Å². The first-order valence-electron chi connectivity index (χ1n) is 3.12. The Bertz CT molecular complexity index is 311. The third-order valence-electron chi connectivity index (χ3n) is 1.14. The SMILES string of the molecule is O=C1C=CC(=O)C(OC(Cl)(Cl)Cl)=C1. The van der Waals surface area contributed by atoms with Crippen LogP contribution < -0.4 is 0 Å². The van der Waals surface area contributed by atoms with Crippen LogP contribution in [0.2, 0.25) is 0 Å². The molecule has 70 valence electrons. The fraction of sp³-hybridized carbons (Fsp3) is 0.143. The number of allylic oxidation sites excluding steroid dienone is 3. The van der Waals surface area contributed by atoms with E-state index in [9.17, 15) is 9.59 Å². The number of carbonyl (C=O) groups is 2. The highest BCUT2D eigenvalue weighted by Crippen LogP contribution is 2.30. The van der Waals surface area contributed by atoms with E-state index in [0.717, 1.165) is 18.2 Å². The van der Waals surface area contributed by atoms with E-state index in [-0.39, 0.29) is 11.5 Å². The minimum absolute atomic E-state index is 0.271.